The molecule has 5 heteroatoms. The maximum absolute atomic E-state index is 11.9. The number of benzene rings is 1. The second-order valence-electron chi connectivity index (χ2n) is 5.69. The van der Waals surface area contributed by atoms with Gasteiger partial charge in [0.05, 0.1) is 6.42 Å². The third-order valence-corrected chi connectivity index (χ3v) is 2.67. The number of hydrogen-bond acceptors (Lipinski definition) is 3. The van der Waals surface area contributed by atoms with Gasteiger partial charge in [-0.25, -0.2) is 4.79 Å². The minimum atomic E-state index is -0.655. The van der Waals surface area contributed by atoms with Gasteiger partial charge in [-0.05, 0) is 27.2 Å². The average molecular weight is 288 g/mol. The fourth-order valence-corrected chi connectivity index (χ4v) is 1.71. The Hall–Kier alpha value is -2.26. The molecule has 0 N–H and O–H groups in total. The number of carbonyl (C=O) groups excluding carboxylic acids is 2. The Labute approximate surface area is 124 Å². The molecular weight excluding hydrogens is 268 g/mol. The second kappa shape index (κ2) is 7.50. The molecule has 0 saturated carbocycles. The van der Waals surface area contributed by atoms with E-state index in [2.05, 4.69) is 4.79 Å². The quantitative estimate of drug-likeness (QED) is 0.265. The van der Waals surface area contributed by atoms with Crippen molar-refractivity contribution in [3.05, 3.63) is 41.4 Å². The standard InChI is InChI=1S/C16H20N2O3/c1-16(2,3)21-15(20)13(18-17)10-7-11-14(19)12-8-5-4-6-9-12/h4-6,8-9H,7,10-11H2,1-3H3. The van der Waals surface area contributed by atoms with Gasteiger partial charge in [-0.15, -0.1) is 0 Å². The molecule has 0 amide bonds. The maximum Gasteiger partial charge on any atom is 0.417 e. The third-order valence-electron chi connectivity index (χ3n) is 2.67. The van der Waals surface area contributed by atoms with Gasteiger partial charge in [0.15, 0.2) is 5.78 Å². The molecule has 0 aromatic heterocycles. The van der Waals surface area contributed by atoms with Crippen LogP contribution in [0.3, 0.4) is 0 Å². The molecule has 0 aliphatic heterocycles. The molecule has 0 heterocycles. The van der Waals surface area contributed by atoms with E-state index in [1.54, 1.807) is 45.0 Å². The summed E-state index contributed by atoms with van der Waals surface area (Å²) in [5.41, 5.74) is 8.80. The molecular formula is C16H20N2O3. The Morgan fingerprint density at radius 2 is 1.76 bits per heavy atom. The van der Waals surface area contributed by atoms with Gasteiger partial charge in [0, 0.05) is 12.0 Å². The zero-order chi connectivity index (χ0) is 15.9. The predicted molar refractivity (Wildman–Crippen MR) is 79.1 cm³/mol. The Bertz CT molecular complexity index is 553. The van der Waals surface area contributed by atoms with Crippen LogP contribution in [0.15, 0.2) is 30.3 Å². The zero-order valence-corrected chi connectivity index (χ0v) is 12.6. The number of carbonyl (C=O) groups is 2. The van der Waals surface area contributed by atoms with Crippen LogP contribution >= 0.6 is 0 Å². The van der Waals surface area contributed by atoms with Crippen molar-refractivity contribution in [1.82, 2.24) is 0 Å². The third kappa shape index (κ3) is 6.15. The molecule has 0 unspecified atom stereocenters. The Morgan fingerprint density at radius 1 is 1.14 bits per heavy atom. The van der Waals surface area contributed by atoms with Gasteiger partial charge in [0.2, 0.25) is 0 Å². The van der Waals surface area contributed by atoms with Crippen molar-refractivity contribution in [2.24, 2.45) is 0 Å². The van der Waals surface area contributed by atoms with Crippen molar-refractivity contribution in [1.29, 1.82) is 0 Å². The first kappa shape index (κ1) is 16.8. The van der Waals surface area contributed by atoms with Crippen LogP contribution in [-0.4, -0.2) is 27.9 Å². The Morgan fingerprint density at radius 3 is 2.29 bits per heavy atom. The highest BCUT2D eigenvalue weighted by Crippen LogP contribution is 2.10. The minimum Gasteiger partial charge on any atom is -0.451 e. The summed E-state index contributed by atoms with van der Waals surface area (Å²) in [5, 5.41) is 0. The molecule has 0 fully saturated rings. The lowest BCUT2D eigenvalue weighted by Gasteiger charge is -2.17. The monoisotopic (exact) mass is 288 g/mol. The van der Waals surface area contributed by atoms with Gasteiger partial charge in [-0.1, -0.05) is 30.3 Å². The summed E-state index contributed by atoms with van der Waals surface area (Å²) in [6, 6.07) is 8.94. The smallest absolute Gasteiger partial charge is 0.417 e. The molecule has 0 aliphatic rings. The largest absolute Gasteiger partial charge is 0.451 e. The average Bonchev–Trinajstić information content (AvgIpc) is 2.42. The first-order valence-electron chi connectivity index (χ1n) is 6.86. The summed E-state index contributed by atoms with van der Waals surface area (Å²) in [6.07, 6.45) is 0.905. The van der Waals surface area contributed by atoms with Gasteiger partial charge >= 0.3 is 11.7 Å². The summed E-state index contributed by atoms with van der Waals surface area (Å²) in [4.78, 5) is 26.6. The van der Waals surface area contributed by atoms with Crippen LogP contribution in [0.4, 0.5) is 0 Å². The molecule has 1 aromatic rings. The van der Waals surface area contributed by atoms with E-state index in [0.29, 0.717) is 12.0 Å². The molecule has 0 aliphatic carbocycles. The van der Waals surface area contributed by atoms with Crippen LogP contribution in [0.1, 0.15) is 50.4 Å². The molecule has 0 spiro atoms. The Kier molecular flexibility index (Phi) is 6.00. The van der Waals surface area contributed by atoms with Crippen molar-refractivity contribution in [2.45, 2.75) is 45.6 Å². The van der Waals surface area contributed by atoms with E-state index in [1.165, 1.54) is 0 Å². The highest BCUT2D eigenvalue weighted by molar-refractivity contribution is 6.33. The van der Waals surface area contributed by atoms with Crippen LogP contribution in [0, 0.1) is 0 Å². The van der Waals surface area contributed by atoms with Crippen molar-refractivity contribution in [3.8, 4) is 0 Å². The highest BCUT2D eigenvalue weighted by atomic mass is 16.6. The van der Waals surface area contributed by atoms with Crippen molar-refractivity contribution in [2.75, 3.05) is 0 Å². The number of rotatable bonds is 6. The lowest BCUT2D eigenvalue weighted by atomic mass is 10.0. The minimum absolute atomic E-state index is 0.00271. The molecule has 0 radical (unpaired) electrons. The van der Waals surface area contributed by atoms with E-state index < -0.39 is 11.6 Å². The summed E-state index contributed by atoms with van der Waals surface area (Å²) in [7, 11) is 0. The maximum atomic E-state index is 11.9. The van der Waals surface area contributed by atoms with Crippen molar-refractivity contribution >= 4 is 17.5 Å². The van der Waals surface area contributed by atoms with Gasteiger partial charge in [0.1, 0.15) is 5.60 Å². The topological polar surface area (TPSA) is 79.8 Å². The van der Waals surface area contributed by atoms with Gasteiger partial charge in [-0.2, -0.15) is 4.79 Å². The van der Waals surface area contributed by atoms with E-state index in [9.17, 15) is 9.59 Å². The fourth-order valence-electron chi connectivity index (χ4n) is 1.71. The lowest BCUT2D eigenvalue weighted by Crippen LogP contribution is -2.29. The SMILES string of the molecule is CC(C)(C)OC(=O)C(CCCC(=O)c1ccccc1)=[N+]=[N-]. The molecule has 1 aromatic carbocycles. The molecule has 0 saturated heterocycles. The molecule has 112 valence electrons. The van der Waals surface area contributed by atoms with Crippen LogP contribution in [0.2, 0.25) is 0 Å². The summed E-state index contributed by atoms with van der Waals surface area (Å²) in [6.45, 7) is 5.20. The van der Waals surface area contributed by atoms with E-state index >= 15 is 0 Å². The van der Waals surface area contributed by atoms with Gasteiger partial charge in [0.25, 0.3) is 0 Å². The van der Waals surface area contributed by atoms with Gasteiger partial charge < -0.3 is 10.3 Å². The first-order chi connectivity index (χ1) is 9.83. The van der Waals surface area contributed by atoms with E-state index in [0.717, 1.165) is 0 Å². The first-order valence-corrected chi connectivity index (χ1v) is 6.86. The molecule has 21 heavy (non-hydrogen) atoms. The molecule has 1 rings (SSSR count). The van der Waals surface area contributed by atoms with Gasteiger partial charge in [-0.3, -0.25) is 4.79 Å². The van der Waals surface area contributed by atoms with Crippen LogP contribution in [-0.2, 0) is 9.53 Å². The normalized spacial score (nSPS) is 10.6. The van der Waals surface area contributed by atoms with Crippen molar-refractivity contribution < 1.29 is 19.1 Å². The lowest BCUT2D eigenvalue weighted by molar-refractivity contribution is -0.151. The Balaban J connectivity index is 2.49. The van der Waals surface area contributed by atoms with E-state index in [4.69, 9.17) is 10.3 Å². The highest BCUT2D eigenvalue weighted by Gasteiger charge is 2.27. The predicted octanol–water partition coefficient (Wildman–Crippen LogP) is 3.05. The van der Waals surface area contributed by atoms with E-state index in [1.807, 2.05) is 6.07 Å². The number of esters is 1. The van der Waals surface area contributed by atoms with E-state index in [-0.39, 0.29) is 24.3 Å². The number of Topliss-reactive ketones (excluding diaryl/α,β-unsaturated/α-hetero) is 1. The zero-order valence-electron chi connectivity index (χ0n) is 12.6. The summed E-state index contributed by atoms with van der Waals surface area (Å²) in [5.74, 6) is -0.658. The number of ketones is 1. The molecule has 5 nitrogen and oxygen atoms in total. The second-order valence-corrected chi connectivity index (χ2v) is 5.69. The van der Waals surface area contributed by atoms with Crippen molar-refractivity contribution in [3.63, 3.8) is 0 Å². The van der Waals surface area contributed by atoms with Crippen LogP contribution < -0.4 is 0 Å². The number of ether oxygens (including phenoxy) is 1. The molecule has 0 bridgehead atoms. The summed E-state index contributed by atoms with van der Waals surface area (Å²) < 4.78 is 5.12. The van der Waals surface area contributed by atoms with Crippen LogP contribution in [0.5, 0.6) is 0 Å². The summed E-state index contributed by atoms with van der Waals surface area (Å²) >= 11 is 0. The molecule has 0 atom stereocenters. The number of nitrogens with zero attached hydrogens (tertiary/aromatic N) is 2. The number of hydrogen-bond donors (Lipinski definition) is 0. The fraction of sp³-hybridized carbons (Fsp3) is 0.438. The van der Waals surface area contributed by atoms with Crippen LogP contribution in [0.25, 0.3) is 5.53 Å².